The normalized spacial score (nSPS) is 25.4. The van der Waals surface area contributed by atoms with Gasteiger partial charge in [0.25, 0.3) is 0 Å². The maximum absolute atomic E-state index is 11.6. The molecule has 2 unspecified atom stereocenters. The first kappa shape index (κ1) is 13.4. The molecule has 0 aromatic rings. The topological polar surface area (TPSA) is 64.6 Å². The van der Waals surface area contributed by atoms with Crippen molar-refractivity contribution in [2.75, 3.05) is 26.7 Å². The standard InChI is InChI=1S/C11H23N3O2/c1-8(2)14(3)5-4-12-11(16)10-6-9(15)7-13-10/h8-10,13,15H,4-7H2,1-3H3,(H,12,16). The summed E-state index contributed by atoms with van der Waals surface area (Å²) in [6.45, 7) is 6.26. The van der Waals surface area contributed by atoms with Crippen LogP contribution in [0.4, 0.5) is 0 Å². The molecule has 1 saturated heterocycles. The van der Waals surface area contributed by atoms with E-state index in [2.05, 4.69) is 29.4 Å². The maximum atomic E-state index is 11.6. The summed E-state index contributed by atoms with van der Waals surface area (Å²) >= 11 is 0. The number of aliphatic hydroxyl groups excluding tert-OH is 1. The molecule has 94 valence electrons. The number of nitrogens with one attached hydrogen (secondary N) is 2. The second-order valence-electron chi connectivity index (χ2n) is 4.72. The van der Waals surface area contributed by atoms with Crippen molar-refractivity contribution in [1.29, 1.82) is 0 Å². The summed E-state index contributed by atoms with van der Waals surface area (Å²) in [5.74, 6) is -0.00583. The third-order valence-electron chi connectivity index (χ3n) is 3.07. The summed E-state index contributed by atoms with van der Waals surface area (Å²) in [5.41, 5.74) is 0. The van der Waals surface area contributed by atoms with Crippen LogP contribution in [0.3, 0.4) is 0 Å². The van der Waals surface area contributed by atoms with Crippen molar-refractivity contribution in [1.82, 2.24) is 15.5 Å². The molecule has 0 spiro atoms. The van der Waals surface area contributed by atoms with Crippen molar-refractivity contribution in [2.45, 2.75) is 38.5 Å². The molecular weight excluding hydrogens is 206 g/mol. The zero-order chi connectivity index (χ0) is 12.1. The van der Waals surface area contributed by atoms with Crippen molar-refractivity contribution < 1.29 is 9.90 Å². The molecule has 3 N–H and O–H groups in total. The highest BCUT2D eigenvalue weighted by Gasteiger charge is 2.27. The molecule has 0 aromatic heterocycles. The molecule has 0 radical (unpaired) electrons. The van der Waals surface area contributed by atoms with Crippen LogP contribution in [-0.2, 0) is 4.79 Å². The van der Waals surface area contributed by atoms with Gasteiger partial charge in [0.2, 0.25) is 5.91 Å². The summed E-state index contributed by atoms with van der Waals surface area (Å²) in [4.78, 5) is 13.8. The lowest BCUT2D eigenvalue weighted by Gasteiger charge is -2.21. The SMILES string of the molecule is CC(C)N(C)CCNC(=O)C1CC(O)CN1. The molecule has 0 bridgehead atoms. The maximum Gasteiger partial charge on any atom is 0.237 e. The van der Waals surface area contributed by atoms with Gasteiger partial charge in [-0.2, -0.15) is 0 Å². The summed E-state index contributed by atoms with van der Waals surface area (Å²) < 4.78 is 0. The molecule has 0 aliphatic carbocycles. The fourth-order valence-electron chi connectivity index (χ4n) is 1.65. The van der Waals surface area contributed by atoms with Crippen LogP contribution in [-0.4, -0.2) is 60.8 Å². The Balaban J connectivity index is 2.15. The van der Waals surface area contributed by atoms with Crippen LogP contribution in [0, 0.1) is 0 Å². The molecule has 1 rings (SSSR count). The smallest absolute Gasteiger partial charge is 0.237 e. The van der Waals surface area contributed by atoms with Crippen LogP contribution < -0.4 is 10.6 Å². The number of carbonyl (C=O) groups is 1. The van der Waals surface area contributed by atoms with Gasteiger partial charge in [0.05, 0.1) is 12.1 Å². The number of hydrogen-bond acceptors (Lipinski definition) is 4. The number of carbonyl (C=O) groups excluding carboxylic acids is 1. The van der Waals surface area contributed by atoms with Crippen molar-refractivity contribution in [3.63, 3.8) is 0 Å². The van der Waals surface area contributed by atoms with E-state index in [-0.39, 0.29) is 18.1 Å². The number of nitrogens with zero attached hydrogens (tertiary/aromatic N) is 1. The Labute approximate surface area is 97.2 Å². The lowest BCUT2D eigenvalue weighted by molar-refractivity contribution is -0.123. The average Bonchev–Trinajstić information content (AvgIpc) is 2.64. The minimum Gasteiger partial charge on any atom is -0.392 e. The molecule has 0 aromatic carbocycles. The molecule has 2 atom stereocenters. The van der Waals surface area contributed by atoms with E-state index in [1.54, 1.807) is 0 Å². The van der Waals surface area contributed by atoms with Gasteiger partial charge in [-0.25, -0.2) is 0 Å². The van der Waals surface area contributed by atoms with Gasteiger partial charge in [0.1, 0.15) is 0 Å². The number of hydrogen-bond donors (Lipinski definition) is 3. The Morgan fingerprint density at radius 3 is 2.81 bits per heavy atom. The zero-order valence-electron chi connectivity index (χ0n) is 10.4. The van der Waals surface area contributed by atoms with E-state index in [0.717, 1.165) is 6.54 Å². The van der Waals surface area contributed by atoms with E-state index >= 15 is 0 Å². The third-order valence-corrected chi connectivity index (χ3v) is 3.07. The van der Waals surface area contributed by atoms with Gasteiger partial charge in [-0.1, -0.05) is 0 Å². The van der Waals surface area contributed by atoms with Crippen LogP contribution in [0.2, 0.25) is 0 Å². The number of amides is 1. The van der Waals surface area contributed by atoms with Gasteiger partial charge >= 0.3 is 0 Å². The molecule has 1 heterocycles. The predicted octanol–water partition coefficient (Wildman–Crippen LogP) is -0.834. The number of rotatable bonds is 5. The van der Waals surface area contributed by atoms with Crippen molar-refractivity contribution in [2.24, 2.45) is 0 Å². The van der Waals surface area contributed by atoms with Crippen molar-refractivity contribution in [3.05, 3.63) is 0 Å². The molecule has 5 heteroatoms. The number of β-amino-alcohol motifs (C(OH)–C–C–N with tert-alkyl or cyclic N) is 1. The largest absolute Gasteiger partial charge is 0.392 e. The molecule has 1 aliphatic rings. The number of likely N-dealkylation sites (N-methyl/N-ethyl adjacent to an activating group) is 1. The van der Waals surface area contributed by atoms with E-state index in [9.17, 15) is 9.90 Å². The van der Waals surface area contributed by atoms with Crippen molar-refractivity contribution in [3.8, 4) is 0 Å². The highest BCUT2D eigenvalue weighted by Crippen LogP contribution is 2.05. The van der Waals surface area contributed by atoms with Crippen LogP contribution in [0.1, 0.15) is 20.3 Å². The molecule has 5 nitrogen and oxygen atoms in total. The predicted molar refractivity (Wildman–Crippen MR) is 63.2 cm³/mol. The minimum atomic E-state index is -0.380. The van der Waals surface area contributed by atoms with E-state index in [4.69, 9.17) is 0 Å². The molecule has 16 heavy (non-hydrogen) atoms. The van der Waals surface area contributed by atoms with Gasteiger partial charge in [0, 0.05) is 25.7 Å². The Morgan fingerprint density at radius 2 is 2.31 bits per heavy atom. The first-order valence-electron chi connectivity index (χ1n) is 5.90. The molecule has 1 fully saturated rings. The highest BCUT2D eigenvalue weighted by atomic mass is 16.3. The summed E-state index contributed by atoms with van der Waals surface area (Å²) in [7, 11) is 2.04. The summed E-state index contributed by atoms with van der Waals surface area (Å²) in [6, 6.07) is 0.266. The van der Waals surface area contributed by atoms with E-state index in [0.29, 0.717) is 25.6 Å². The van der Waals surface area contributed by atoms with Crippen LogP contribution >= 0.6 is 0 Å². The van der Waals surface area contributed by atoms with Gasteiger partial charge in [-0.15, -0.1) is 0 Å². The number of aliphatic hydroxyl groups is 1. The molecule has 1 amide bonds. The van der Waals surface area contributed by atoms with E-state index in [1.807, 2.05) is 7.05 Å². The summed E-state index contributed by atoms with van der Waals surface area (Å²) in [5, 5.41) is 15.2. The first-order valence-corrected chi connectivity index (χ1v) is 5.90. The fraction of sp³-hybridized carbons (Fsp3) is 0.909. The minimum absolute atomic E-state index is 0.00583. The second kappa shape index (κ2) is 6.18. The Hall–Kier alpha value is -0.650. The van der Waals surface area contributed by atoms with Crippen LogP contribution in [0.5, 0.6) is 0 Å². The lowest BCUT2D eigenvalue weighted by atomic mass is 10.2. The second-order valence-corrected chi connectivity index (χ2v) is 4.72. The van der Waals surface area contributed by atoms with Gasteiger partial charge < -0.3 is 20.6 Å². The zero-order valence-corrected chi connectivity index (χ0v) is 10.4. The lowest BCUT2D eigenvalue weighted by Crippen LogP contribution is -2.43. The van der Waals surface area contributed by atoms with Crippen molar-refractivity contribution >= 4 is 5.91 Å². The first-order chi connectivity index (χ1) is 7.50. The van der Waals surface area contributed by atoms with Crippen LogP contribution in [0.15, 0.2) is 0 Å². The van der Waals surface area contributed by atoms with Crippen LogP contribution in [0.25, 0.3) is 0 Å². The quantitative estimate of drug-likeness (QED) is 0.575. The van der Waals surface area contributed by atoms with E-state index < -0.39 is 0 Å². The average molecular weight is 229 g/mol. The highest BCUT2D eigenvalue weighted by molar-refractivity contribution is 5.82. The Bertz CT molecular complexity index is 233. The van der Waals surface area contributed by atoms with Gasteiger partial charge in [0.15, 0.2) is 0 Å². The van der Waals surface area contributed by atoms with Gasteiger partial charge in [-0.05, 0) is 27.3 Å². The Morgan fingerprint density at radius 1 is 1.62 bits per heavy atom. The Kier molecular flexibility index (Phi) is 5.18. The molecule has 1 aliphatic heterocycles. The molecule has 0 saturated carbocycles. The fourth-order valence-corrected chi connectivity index (χ4v) is 1.65. The molecular formula is C11H23N3O2. The third kappa shape index (κ3) is 4.08. The van der Waals surface area contributed by atoms with E-state index in [1.165, 1.54) is 0 Å². The van der Waals surface area contributed by atoms with Gasteiger partial charge in [-0.3, -0.25) is 4.79 Å². The monoisotopic (exact) mass is 229 g/mol. The summed E-state index contributed by atoms with van der Waals surface area (Å²) in [6.07, 6.45) is 0.139.